The molecule has 0 aliphatic carbocycles. The Morgan fingerprint density at radius 1 is 1.10 bits per heavy atom. The first-order valence-corrected chi connectivity index (χ1v) is 6.31. The summed E-state index contributed by atoms with van der Waals surface area (Å²) < 4.78 is 5.60. The minimum atomic E-state index is -0.308. The van der Waals surface area contributed by atoms with Crippen molar-refractivity contribution in [3.05, 3.63) is 64.7 Å². The standard InChI is InChI=1S/C17H12N2O2/c1-12(20)17-14(9-18)7-16(8-15(17)10-19)21-11-13-5-3-2-4-6-13/h2-8H,11H2,1H3. The molecular formula is C17H12N2O2. The maximum absolute atomic E-state index is 11.6. The lowest BCUT2D eigenvalue weighted by Gasteiger charge is -2.09. The van der Waals surface area contributed by atoms with E-state index in [9.17, 15) is 4.79 Å². The van der Waals surface area contributed by atoms with Crippen LogP contribution in [0.1, 0.15) is 34.0 Å². The van der Waals surface area contributed by atoms with Crippen LogP contribution in [0.5, 0.6) is 5.75 Å². The summed E-state index contributed by atoms with van der Waals surface area (Å²) >= 11 is 0. The fourth-order valence-corrected chi connectivity index (χ4v) is 2.00. The molecule has 0 amide bonds. The molecule has 0 spiro atoms. The molecule has 0 aliphatic rings. The molecule has 0 saturated carbocycles. The van der Waals surface area contributed by atoms with Gasteiger partial charge in [-0.05, 0) is 24.6 Å². The van der Waals surface area contributed by atoms with Gasteiger partial charge in [-0.3, -0.25) is 4.79 Å². The summed E-state index contributed by atoms with van der Waals surface area (Å²) in [5.74, 6) is 0.0923. The summed E-state index contributed by atoms with van der Waals surface area (Å²) in [5, 5.41) is 18.3. The molecule has 0 atom stereocenters. The molecule has 0 aliphatic heterocycles. The van der Waals surface area contributed by atoms with E-state index < -0.39 is 0 Å². The Labute approximate surface area is 122 Å². The number of hydrogen-bond acceptors (Lipinski definition) is 4. The SMILES string of the molecule is CC(=O)c1c(C#N)cc(OCc2ccccc2)cc1C#N. The largest absolute Gasteiger partial charge is 0.489 e. The highest BCUT2D eigenvalue weighted by Crippen LogP contribution is 2.23. The summed E-state index contributed by atoms with van der Waals surface area (Å²) in [7, 11) is 0. The zero-order chi connectivity index (χ0) is 15.2. The summed E-state index contributed by atoms with van der Waals surface area (Å²) in [6.45, 7) is 1.66. The average Bonchev–Trinajstić information content (AvgIpc) is 2.52. The third kappa shape index (κ3) is 3.26. The molecular weight excluding hydrogens is 264 g/mol. The van der Waals surface area contributed by atoms with Gasteiger partial charge in [0.15, 0.2) is 5.78 Å². The maximum Gasteiger partial charge on any atom is 0.162 e. The molecule has 0 fully saturated rings. The highest BCUT2D eigenvalue weighted by molar-refractivity contribution is 5.99. The van der Waals surface area contributed by atoms with Gasteiger partial charge in [-0.15, -0.1) is 0 Å². The molecule has 4 nitrogen and oxygen atoms in total. The first kappa shape index (κ1) is 14.3. The van der Waals surface area contributed by atoms with Gasteiger partial charge >= 0.3 is 0 Å². The van der Waals surface area contributed by atoms with Crippen molar-refractivity contribution in [1.29, 1.82) is 10.5 Å². The molecule has 0 saturated heterocycles. The van der Waals surface area contributed by atoms with E-state index in [-0.39, 0.29) is 22.5 Å². The lowest BCUT2D eigenvalue weighted by molar-refractivity contribution is 0.101. The predicted molar refractivity (Wildman–Crippen MR) is 76.7 cm³/mol. The first-order chi connectivity index (χ1) is 10.2. The molecule has 4 heteroatoms. The second-order valence-corrected chi connectivity index (χ2v) is 4.45. The molecule has 0 radical (unpaired) electrons. The van der Waals surface area contributed by atoms with Crippen molar-refractivity contribution >= 4 is 5.78 Å². The van der Waals surface area contributed by atoms with Gasteiger partial charge in [-0.25, -0.2) is 0 Å². The van der Waals surface area contributed by atoms with Crippen LogP contribution < -0.4 is 4.74 Å². The molecule has 0 bridgehead atoms. The Bertz CT molecular complexity index is 718. The van der Waals surface area contributed by atoms with Crippen molar-refractivity contribution in [3.63, 3.8) is 0 Å². The van der Waals surface area contributed by atoms with Gasteiger partial charge in [-0.2, -0.15) is 10.5 Å². The number of carbonyl (C=O) groups excluding carboxylic acids is 1. The lowest BCUT2D eigenvalue weighted by atomic mass is 9.99. The molecule has 102 valence electrons. The molecule has 0 unspecified atom stereocenters. The van der Waals surface area contributed by atoms with Crippen molar-refractivity contribution < 1.29 is 9.53 Å². The van der Waals surface area contributed by atoms with Crippen molar-refractivity contribution in [2.24, 2.45) is 0 Å². The molecule has 0 N–H and O–H groups in total. The fourth-order valence-electron chi connectivity index (χ4n) is 2.00. The number of nitrogens with zero attached hydrogens (tertiary/aromatic N) is 2. The molecule has 0 aromatic heterocycles. The van der Waals surface area contributed by atoms with Gasteiger partial charge in [-0.1, -0.05) is 30.3 Å². The van der Waals surface area contributed by atoms with E-state index in [0.717, 1.165) is 5.56 Å². The minimum absolute atomic E-state index is 0.145. The van der Waals surface area contributed by atoms with Crippen LogP contribution in [0.3, 0.4) is 0 Å². The number of hydrogen-bond donors (Lipinski definition) is 0. The van der Waals surface area contributed by atoms with E-state index >= 15 is 0 Å². The van der Waals surface area contributed by atoms with E-state index in [1.165, 1.54) is 19.1 Å². The summed E-state index contributed by atoms with van der Waals surface area (Å²) in [6, 6.07) is 16.4. The summed E-state index contributed by atoms with van der Waals surface area (Å²) in [6.07, 6.45) is 0. The Hall–Kier alpha value is -3.11. The quantitative estimate of drug-likeness (QED) is 0.804. The van der Waals surface area contributed by atoms with Gasteiger partial charge in [0, 0.05) is 0 Å². The Balaban J connectivity index is 2.32. The van der Waals surface area contributed by atoms with Crippen LogP contribution in [0, 0.1) is 22.7 Å². The van der Waals surface area contributed by atoms with Crippen LogP contribution in [0.25, 0.3) is 0 Å². The predicted octanol–water partition coefficient (Wildman–Crippen LogP) is 3.21. The van der Waals surface area contributed by atoms with E-state index in [2.05, 4.69) is 0 Å². The summed E-state index contributed by atoms with van der Waals surface area (Å²) in [5.41, 5.74) is 1.44. The number of carbonyl (C=O) groups is 1. The third-order valence-electron chi connectivity index (χ3n) is 2.95. The average molecular weight is 276 g/mol. The van der Waals surface area contributed by atoms with Gasteiger partial charge < -0.3 is 4.74 Å². The fraction of sp³-hybridized carbons (Fsp3) is 0.118. The Morgan fingerprint density at radius 2 is 1.67 bits per heavy atom. The smallest absolute Gasteiger partial charge is 0.162 e. The number of Topliss-reactive ketones (excluding diaryl/α,β-unsaturated/α-hetero) is 1. The Morgan fingerprint density at radius 3 is 2.14 bits per heavy atom. The van der Waals surface area contributed by atoms with Crippen molar-refractivity contribution in [2.75, 3.05) is 0 Å². The summed E-state index contributed by atoms with van der Waals surface area (Å²) in [4.78, 5) is 11.6. The van der Waals surface area contributed by atoms with Crippen molar-refractivity contribution in [2.45, 2.75) is 13.5 Å². The van der Waals surface area contributed by atoms with Crippen LogP contribution in [0.15, 0.2) is 42.5 Å². The van der Waals surface area contributed by atoms with E-state index in [1.807, 2.05) is 42.5 Å². The molecule has 2 aromatic rings. The molecule has 2 aromatic carbocycles. The van der Waals surface area contributed by atoms with Gasteiger partial charge in [0.2, 0.25) is 0 Å². The zero-order valence-corrected chi connectivity index (χ0v) is 11.5. The Kier molecular flexibility index (Phi) is 4.33. The van der Waals surface area contributed by atoms with Crippen molar-refractivity contribution in [3.8, 4) is 17.9 Å². The van der Waals surface area contributed by atoms with Crippen LogP contribution >= 0.6 is 0 Å². The van der Waals surface area contributed by atoms with Gasteiger partial charge in [0.25, 0.3) is 0 Å². The lowest BCUT2D eigenvalue weighted by Crippen LogP contribution is -2.03. The molecule has 21 heavy (non-hydrogen) atoms. The number of nitriles is 2. The second kappa shape index (κ2) is 6.36. The minimum Gasteiger partial charge on any atom is -0.489 e. The van der Waals surface area contributed by atoms with Crippen LogP contribution in [0.2, 0.25) is 0 Å². The van der Waals surface area contributed by atoms with Crippen molar-refractivity contribution in [1.82, 2.24) is 0 Å². The monoisotopic (exact) mass is 276 g/mol. The van der Waals surface area contributed by atoms with E-state index in [0.29, 0.717) is 12.4 Å². The first-order valence-electron chi connectivity index (χ1n) is 6.31. The second-order valence-electron chi connectivity index (χ2n) is 4.45. The number of ketones is 1. The van der Waals surface area contributed by atoms with Crippen LogP contribution in [0.4, 0.5) is 0 Å². The highest BCUT2D eigenvalue weighted by Gasteiger charge is 2.15. The number of benzene rings is 2. The number of ether oxygens (including phenoxy) is 1. The van der Waals surface area contributed by atoms with E-state index in [1.54, 1.807) is 0 Å². The molecule has 2 rings (SSSR count). The topological polar surface area (TPSA) is 73.9 Å². The normalized spacial score (nSPS) is 9.48. The number of rotatable bonds is 4. The maximum atomic E-state index is 11.6. The zero-order valence-electron chi connectivity index (χ0n) is 11.5. The molecule has 0 heterocycles. The van der Waals surface area contributed by atoms with Gasteiger partial charge in [0.05, 0.1) is 16.7 Å². The third-order valence-corrected chi connectivity index (χ3v) is 2.95. The highest BCUT2D eigenvalue weighted by atomic mass is 16.5. The van der Waals surface area contributed by atoms with Crippen LogP contribution in [-0.4, -0.2) is 5.78 Å². The van der Waals surface area contributed by atoms with Crippen LogP contribution in [-0.2, 0) is 6.61 Å². The van der Waals surface area contributed by atoms with E-state index in [4.69, 9.17) is 15.3 Å². The van der Waals surface area contributed by atoms with Gasteiger partial charge in [0.1, 0.15) is 24.5 Å².